The van der Waals surface area contributed by atoms with Gasteiger partial charge in [-0.2, -0.15) is 5.10 Å². The van der Waals surface area contributed by atoms with Gasteiger partial charge >= 0.3 is 5.97 Å². The molecule has 6 nitrogen and oxygen atoms in total. The number of nitrogens with zero attached hydrogens (tertiary/aromatic N) is 2. The molecule has 0 radical (unpaired) electrons. The quantitative estimate of drug-likeness (QED) is 0.603. The fourth-order valence-electron chi connectivity index (χ4n) is 1.35. The average Bonchev–Trinajstić information content (AvgIpc) is 2.91. The molecule has 0 spiro atoms. The molecule has 1 aromatic rings. The Morgan fingerprint density at radius 1 is 1.75 bits per heavy atom. The third-order valence-corrected chi connectivity index (χ3v) is 3.26. The second-order valence-electron chi connectivity index (χ2n) is 3.76. The highest BCUT2D eigenvalue weighted by molar-refractivity contribution is 7.99. The fourth-order valence-corrected chi connectivity index (χ4v) is 2.14. The Hall–Kier alpha value is -1.08. The van der Waals surface area contributed by atoms with Gasteiger partial charge in [0.15, 0.2) is 5.16 Å². The maximum atomic E-state index is 10.9. The average molecular weight is 242 g/mol. The monoisotopic (exact) mass is 242 g/mol. The maximum Gasteiger partial charge on any atom is 0.320 e. The first-order valence-corrected chi connectivity index (χ1v) is 6.21. The van der Waals surface area contributed by atoms with Crippen LogP contribution in [0.4, 0.5) is 0 Å². The van der Waals surface area contributed by atoms with E-state index in [0.29, 0.717) is 18.2 Å². The molecule has 2 rings (SSSR count). The number of rotatable bonds is 7. The van der Waals surface area contributed by atoms with Crippen LogP contribution in [0.2, 0.25) is 0 Å². The minimum atomic E-state index is -0.773. The molecule has 88 valence electrons. The van der Waals surface area contributed by atoms with Crippen LogP contribution in [0.3, 0.4) is 0 Å². The van der Waals surface area contributed by atoms with Gasteiger partial charge in [0.1, 0.15) is 12.4 Å². The molecule has 0 aliphatic heterocycles. The van der Waals surface area contributed by atoms with Crippen molar-refractivity contribution in [1.82, 2.24) is 20.5 Å². The summed E-state index contributed by atoms with van der Waals surface area (Å²) < 4.78 is 0. The van der Waals surface area contributed by atoms with Crippen LogP contribution in [0.25, 0.3) is 0 Å². The van der Waals surface area contributed by atoms with Gasteiger partial charge in [-0.1, -0.05) is 11.8 Å². The summed E-state index contributed by atoms with van der Waals surface area (Å²) in [6.45, 7) is 0. The van der Waals surface area contributed by atoms with Gasteiger partial charge in [-0.05, 0) is 19.3 Å². The first-order valence-electron chi connectivity index (χ1n) is 5.22. The number of carboxylic acids is 1. The Kier molecular flexibility index (Phi) is 3.79. The van der Waals surface area contributed by atoms with E-state index in [2.05, 4.69) is 20.5 Å². The number of H-pyrrole nitrogens is 1. The Labute approximate surface area is 97.2 Å². The van der Waals surface area contributed by atoms with E-state index in [4.69, 9.17) is 5.11 Å². The second kappa shape index (κ2) is 5.31. The van der Waals surface area contributed by atoms with Gasteiger partial charge in [0.2, 0.25) is 0 Å². The van der Waals surface area contributed by atoms with E-state index in [1.165, 1.54) is 18.1 Å². The molecule has 1 fully saturated rings. The van der Waals surface area contributed by atoms with Crippen molar-refractivity contribution in [2.75, 3.05) is 5.75 Å². The van der Waals surface area contributed by atoms with E-state index in [1.807, 2.05) is 0 Å². The van der Waals surface area contributed by atoms with E-state index >= 15 is 0 Å². The first-order chi connectivity index (χ1) is 7.75. The predicted octanol–water partition coefficient (Wildman–Crippen LogP) is 0.492. The lowest BCUT2D eigenvalue weighted by molar-refractivity contribution is -0.139. The van der Waals surface area contributed by atoms with Gasteiger partial charge < -0.3 is 10.4 Å². The van der Waals surface area contributed by atoms with Gasteiger partial charge in [0.05, 0.1) is 0 Å². The molecule has 1 unspecified atom stereocenters. The van der Waals surface area contributed by atoms with Gasteiger partial charge in [-0.3, -0.25) is 9.89 Å². The number of carboxylic acid groups (broad SMARTS) is 1. The summed E-state index contributed by atoms with van der Waals surface area (Å²) in [6, 6.07) is -0.0284. The zero-order valence-electron chi connectivity index (χ0n) is 8.72. The normalized spacial score (nSPS) is 17.2. The zero-order chi connectivity index (χ0) is 11.4. The predicted molar refractivity (Wildman–Crippen MR) is 59.3 cm³/mol. The third kappa shape index (κ3) is 3.49. The second-order valence-corrected chi connectivity index (χ2v) is 4.84. The van der Waals surface area contributed by atoms with Crippen molar-refractivity contribution in [1.29, 1.82) is 0 Å². The van der Waals surface area contributed by atoms with Crippen molar-refractivity contribution in [3.05, 3.63) is 6.33 Å². The first kappa shape index (κ1) is 11.4. The fraction of sp³-hybridized carbons (Fsp3) is 0.667. The molecule has 1 aliphatic rings. The molecule has 1 saturated carbocycles. The number of hydrogen-bond donors (Lipinski definition) is 3. The van der Waals surface area contributed by atoms with E-state index in [0.717, 1.165) is 18.0 Å². The van der Waals surface area contributed by atoms with Gasteiger partial charge in [0, 0.05) is 11.8 Å². The Morgan fingerprint density at radius 3 is 3.12 bits per heavy atom. The Balaban J connectivity index is 1.70. The van der Waals surface area contributed by atoms with Crippen LogP contribution in [0.15, 0.2) is 11.5 Å². The highest BCUT2D eigenvalue weighted by Crippen LogP contribution is 2.21. The van der Waals surface area contributed by atoms with Crippen LogP contribution in [0.5, 0.6) is 0 Å². The van der Waals surface area contributed by atoms with Crippen LogP contribution >= 0.6 is 11.8 Å². The molecule has 7 heteroatoms. The van der Waals surface area contributed by atoms with E-state index in [-0.39, 0.29) is 0 Å². The van der Waals surface area contributed by atoms with Crippen molar-refractivity contribution in [3.63, 3.8) is 0 Å². The topological polar surface area (TPSA) is 90.9 Å². The van der Waals surface area contributed by atoms with Crippen LogP contribution < -0.4 is 5.32 Å². The van der Waals surface area contributed by atoms with Crippen molar-refractivity contribution >= 4 is 17.7 Å². The molecule has 1 atom stereocenters. The number of carbonyl (C=O) groups is 1. The molecule has 0 bridgehead atoms. The summed E-state index contributed by atoms with van der Waals surface area (Å²) in [4.78, 5) is 14.9. The molecule has 1 aromatic heterocycles. The highest BCUT2D eigenvalue weighted by atomic mass is 32.2. The van der Waals surface area contributed by atoms with Crippen molar-refractivity contribution < 1.29 is 9.90 Å². The molecule has 0 saturated heterocycles. The smallest absolute Gasteiger partial charge is 0.320 e. The molecule has 0 amide bonds. The lowest BCUT2D eigenvalue weighted by atomic mass is 10.2. The summed E-state index contributed by atoms with van der Waals surface area (Å²) in [5, 5.41) is 19.3. The van der Waals surface area contributed by atoms with Gasteiger partial charge in [-0.25, -0.2) is 4.98 Å². The summed E-state index contributed by atoms with van der Waals surface area (Å²) in [6.07, 6.45) is 4.23. The summed E-state index contributed by atoms with van der Waals surface area (Å²) in [5.74, 6) is -0.0589. The maximum absolute atomic E-state index is 10.9. The number of aromatic amines is 1. The molecule has 16 heavy (non-hydrogen) atoms. The lowest BCUT2D eigenvalue weighted by Crippen LogP contribution is -2.38. The van der Waals surface area contributed by atoms with E-state index < -0.39 is 12.0 Å². The number of nitrogens with one attached hydrogen (secondary N) is 2. The van der Waals surface area contributed by atoms with Gasteiger partial charge in [-0.15, -0.1) is 0 Å². The van der Waals surface area contributed by atoms with E-state index in [1.54, 1.807) is 0 Å². The standard InChI is InChI=1S/C9H14N4O2S/c14-8(15)7(12-6-1-2-6)3-4-16-9-10-5-11-13-9/h5-7,12H,1-4H2,(H,14,15)(H,10,11,13). The molecule has 0 aromatic carbocycles. The minimum Gasteiger partial charge on any atom is -0.480 e. The van der Waals surface area contributed by atoms with Crippen molar-refractivity contribution in [3.8, 4) is 0 Å². The zero-order valence-corrected chi connectivity index (χ0v) is 9.54. The Bertz CT molecular complexity index is 339. The molecular formula is C9H14N4O2S. The van der Waals surface area contributed by atoms with Crippen molar-refractivity contribution in [2.45, 2.75) is 36.5 Å². The molecule has 1 aliphatic carbocycles. The number of aliphatic carboxylic acids is 1. The van der Waals surface area contributed by atoms with Crippen LogP contribution in [0, 0.1) is 0 Å². The van der Waals surface area contributed by atoms with Crippen molar-refractivity contribution in [2.24, 2.45) is 0 Å². The van der Waals surface area contributed by atoms with Crippen LogP contribution in [-0.2, 0) is 4.79 Å². The lowest BCUT2D eigenvalue weighted by Gasteiger charge is -2.12. The largest absolute Gasteiger partial charge is 0.480 e. The molecular weight excluding hydrogens is 228 g/mol. The van der Waals surface area contributed by atoms with Crippen LogP contribution in [0.1, 0.15) is 19.3 Å². The van der Waals surface area contributed by atoms with E-state index in [9.17, 15) is 4.79 Å². The minimum absolute atomic E-state index is 0.413. The summed E-state index contributed by atoms with van der Waals surface area (Å²) in [7, 11) is 0. The number of hydrogen-bond acceptors (Lipinski definition) is 5. The molecule has 1 heterocycles. The third-order valence-electron chi connectivity index (χ3n) is 2.35. The SMILES string of the molecule is O=C(O)C(CCSc1ncn[nH]1)NC1CC1. The summed E-state index contributed by atoms with van der Waals surface area (Å²) >= 11 is 1.49. The van der Waals surface area contributed by atoms with Gasteiger partial charge in [0.25, 0.3) is 0 Å². The highest BCUT2D eigenvalue weighted by Gasteiger charge is 2.27. The number of thioether (sulfide) groups is 1. The molecule has 3 N–H and O–H groups in total. The van der Waals surface area contributed by atoms with Crippen LogP contribution in [-0.4, -0.2) is 44.1 Å². The number of aromatic nitrogens is 3. The summed E-state index contributed by atoms with van der Waals surface area (Å²) in [5.41, 5.74) is 0. The Morgan fingerprint density at radius 2 is 2.56 bits per heavy atom.